The number of hydrogen-bond acceptors (Lipinski definition) is 3. The molecular formula is C22H38O3. The molecule has 0 radical (unpaired) electrons. The molecule has 3 heteroatoms. The van der Waals surface area contributed by atoms with E-state index in [4.69, 9.17) is 9.84 Å². The molecule has 1 aromatic rings. The number of benzene rings is 1. The van der Waals surface area contributed by atoms with Gasteiger partial charge in [-0.15, -0.1) is 0 Å². The molecule has 3 unspecified atom stereocenters. The second-order valence-electron chi connectivity index (χ2n) is 7.65. The SMILES string of the molecule is CC(C)CCCCCCCC(c1ccccc1)C(O)COC(C)CO. The van der Waals surface area contributed by atoms with Crippen LogP contribution < -0.4 is 0 Å². The van der Waals surface area contributed by atoms with Gasteiger partial charge in [0.15, 0.2) is 0 Å². The minimum atomic E-state index is -0.530. The number of unbranched alkanes of at least 4 members (excludes halogenated alkanes) is 4. The summed E-state index contributed by atoms with van der Waals surface area (Å²) in [5.74, 6) is 0.904. The third-order valence-electron chi connectivity index (χ3n) is 4.80. The lowest BCUT2D eigenvalue weighted by Crippen LogP contribution is -2.27. The van der Waals surface area contributed by atoms with E-state index in [-0.39, 0.29) is 25.2 Å². The summed E-state index contributed by atoms with van der Waals surface area (Å²) in [6.07, 6.45) is 7.82. The summed E-state index contributed by atoms with van der Waals surface area (Å²) in [5.41, 5.74) is 1.18. The van der Waals surface area contributed by atoms with Gasteiger partial charge in [-0.25, -0.2) is 0 Å². The van der Waals surface area contributed by atoms with Crippen LogP contribution in [0.25, 0.3) is 0 Å². The Labute approximate surface area is 154 Å². The highest BCUT2D eigenvalue weighted by Crippen LogP contribution is 2.27. The lowest BCUT2D eigenvalue weighted by molar-refractivity contribution is -0.0322. The molecule has 0 fully saturated rings. The van der Waals surface area contributed by atoms with Crippen LogP contribution in [0.3, 0.4) is 0 Å². The van der Waals surface area contributed by atoms with Crippen LogP contribution >= 0.6 is 0 Å². The Hall–Kier alpha value is -0.900. The minimum Gasteiger partial charge on any atom is -0.394 e. The predicted octanol–water partition coefficient (Wildman–Crippen LogP) is 4.92. The van der Waals surface area contributed by atoms with Gasteiger partial charge in [0.1, 0.15) is 0 Å². The van der Waals surface area contributed by atoms with Gasteiger partial charge in [0.2, 0.25) is 0 Å². The topological polar surface area (TPSA) is 49.7 Å². The number of rotatable bonds is 14. The monoisotopic (exact) mass is 350 g/mol. The molecule has 3 atom stereocenters. The highest BCUT2D eigenvalue weighted by molar-refractivity contribution is 5.20. The summed E-state index contributed by atoms with van der Waals surface area (Å²) in [6.45, 7) is 6.65. The van der Waals surface area contributed by atoms with Crippen LogP contribution in [0, 0.1) is 5.92 Å². The summed E-state index contributed by atoms with van der Waals surface area (Å²) in [4.78, 5) is 0. The van der Waals surface area contributed by atoms with Gasteiger partial charge in [-0.1, -0.05) is 82.7 Å². The smallest absolute Gasteiger partial charge is 0.0842 e. The van der Waals surface area contributed by atoms with Gasteiger partial charge in [-0.05, 0) is 24.8 Å². The van der Waals surface area contributed by atoms with Crippen molar-refractivity contribution >= 4 is 0 Å². The van der Waals surface area contributed by atoms with Crippen molar-refractivity contribution in [1.82, 2.24) is 0 Å². The molecule has 2 N–H and O–H groups in total. The van der Waals surface area contributed by atoms with Gasteiger partial charge < -0.3 is 14.9 Å². The van der Waals surface area contributed by atoms with Gasteiger partial charge in [0, 0.05) is 5.92 Å². The highest BCUT2D eigenvalue weighted by Gasteiger charge is 2.21. The van der Waals surface area contributed by atoms with Crippen molar-refractivity contribution < 1.29 is 14.9 Å². The van der Waals surface area contributed by atoms with E-state index in [9.17, 15) is 5.11 Å². The summed E-state index contributed by atoms with van der Waals surface area (Å²) in [6, 6.07) is 10.2. The number of hydrogen-bond donors (Lipinski definition) is 2. The first-order chi connectivity index (χ1) is 12.0. The van der Waals surface area contributed by atoms with Crippen LogP contribution in [0.1, 0.15) is 77.2 Å². The van der Waals surface area contributed by atoms with Crippen molar-refractivity contribution in [1.29, 1.82) is 0 Å². The zero-order valence-electron chi connectivity index (χ0n) is 16.4. The zero-order valence-corrected chi connectivity index (χ0v) is 16.4. The quantitative estimate of drug-likeness (QED) is 0.468. The molecular weight excluding hydrogens is 312 g/mol. The van der Waals surface area contributed by atoms with E-state index < -0.39 is 6.10 Å². The molecule has 0 aliphatic rings. The van der Waals surface area contributed by atoms with Crippen molar-refractivity contribution in [3.63, 3.8) is 0 Å². The average Bonchev–Trinajstić information content (AvgIpc) is 2.62. The van der Waals surface area contributed by atoms with E-state index in [0.717, 1.165) is 18.8 Å². The van der Waals surface area contributed by atoms with Crippen LogP contribution in [0.4, 0.5) is 0 Å². The van der Waals surface area contributed by atoms with Gasteiger partial charge in [-0.3, -0.25) is 0 Å². The lowest BCUT2D eigenvalue weighted by Gasteiger charge is -2.24. The Kier molecular flexibility index (Phi) is 11.8. The molecule has 3 nitrogen and oxygen atoms in total. The molecule has 0 spiro atoms. The first kappa shape index (κ1) is 22.1. The number of aliphatic hydroxyl groups is 2. The van der Waals surface area contributed by atoms with E-state index in [2.05, 4.69) is 26.0 Å². The molecule has 0 saturated heterocycles. The van der Waals surface area contributed by atoms with Crippen LogP contribution in [0.2, 0.25) is 0 Å². The van der Waals surface area contributed by atoms with Gasteiger partial charge >= 0.3 is 0 Å². The second-order valence-corrected chi connectivity index (χ2v) is 7.65. The molecule has 25 heavy (non-hydrogen) atoms. The molecule has 0 aromatic heterocycles. The summed E-state index contributed by atoms with van der Waals surface area (Å²) >= 11 is 0. The fraction of sp³-hybridized carbons (Fsp3) is 0.727. The van der Waals surface area contributed by atoms with Crippen molar-refractivity contribution in [3.8, 4) is 0 Å². The van der Waals surface area contributed by atoms with Crippen LogP contribution in [0.5, 0.6) is 0 Å². The zero-order chi connectivity index (χ0) is 18.5. The van der Waals surface area contributed by atoms with Crippen molar-refractivity contribution in [2.24, 2.45) is 5.92 Å². The molecule has 0 saturated carbocycles. The Bertz CT molecular complexity index is 419. The van der Waals surface area contributed by atoms with Gasteiger partial charge in [-0.2, -0.15) is 0 Å². The largest absolute Gasteiger partial charge is 0.394 e. The molecule has 0 aliphatic heterocycles. The Balaban J connectivity index is 2.41. The second kappa shape index (κ2) is 13.3. The first-order valence-corrected chi connectivity index (χ1v) is 10.00. The number of ether oxygens (including phenoxy) is 1. The summed E-state index contributed by atoms with van der Waals surface area (Å²) < 4.78 is 5.54. The van der Waals surface area contributed by atoms with E-state index in [0.29, 0.717) is 0 Å². The Morgan fingerprint density at radius 1 is 0.880 bits per heavy atom. The third-order valence-corrected chi connectivity index (χ3v) is 4.80. The van der Waals surface area contributed by atoms with E-state index in [1.807, 2.05) is 25.1 Å². The summed E-state index contributed by atoms with van der Waals surface area (Å²) in [5, 5.41) is 19.7. The first-order valence-electron chi connectivity index (χ1n) is 10.00. The predicted molar refractivity (Wildman–Crippen MR) is 105 cm³/mol. The Morgan fingerprint density at radius 2 is 1.48 bits per heavy atom. The van der Waals surface area contributed by atoms with Crippen molar-refractivity contribution in [3.05, 3.63) is 35.9 Å². The van der Waals surface area contributed by atoms with E-state index >= 15 is 0 Å². The van der Waals surface area contributed by atoms with Crippen LogP contribution in [0.15, 0.2) is 30.3 Å². The molecule has 1 aromatic carbocycles. The third kappa shape index (κ3) is 9.98. The van der Waals surface area contributed by atoms with Crippen LogP contribution in [-0.2, 0) is 4.74 Å². The molecule has 0 heterocycles. The fourth-order valence-electron chi connectivity index (χ4n) is 3.16. The summed E-state index contributed by atoms with van der Waals surface area (Å²) in [7, 11) is 0. The maximum Gasteiger partial charge on any atom is 0.0842 e. The van der Waals surface area contributed by atoms with E-state index in [1.54, 1.807) is 0 Å². The maximum atomic E-state index is 10.6. The minimum absolute atomic E-state index is 0.0148. The van der Waals surface area contributed by atoms with Crippen molar-refractivity contribution in [2.45, 2.75) is 83.8 Å². The fourth-order valence-corrected chi connectivity index (χ4v) is 3.16. The normalized spacial score (nSPS) is 15.3. The lowest BCUT2D eigenvalue weighted by atomic mass is 9.88. The molecule has 1 rings (SSSR count). The number of aliphatic hydroxyl groups excluding tert-OH is 2. The standard InChI is InChI=1S/C22H38O3/c1-18(2)12-8-5-4-6-11-15-21(20-13-9-7-10-14-20)22(24)17-25-19(3)16-23/h7,9-10,13-14,18-19,21-24H,4-6,8,11-12,15-17H2,1-3H3. The maximum absolute atomic E-state index is 10.6. The average molecular weight is 351 g/mol. The van der Waals surface area contributed by atoms with E-state index in [1.165, 1.54) is 37.7 Å². The van der Waals surface area contributed by atoms with Crippen LogP contribution in [-0.4, -0.2) is 35.6 Å². The molecule has 0 amide bonds. The van der Waals surface area contributed by atoms with Gasteiger partial charge in [0.25, 0.3) is 0 Å². The van der Waals surface area contributed by atoms with Gasteiger partial charge in [0.05, 0.1) is 25.4 Å². The van der Waals surface area contributed by atoms with Crippen molar-refractivity contribution in [2.75, 3.05) is 13.2 Å². The molecule has 0 aliphatic carbocycles. The highest BCUT2D eigenvalue weighted by atomic mass is 16.5. The molecule has 0 bridgehead atoms. The molecule has 144 valence electrons. The Morgan fingerprint density at radius 3 is 2.08 bits per heavy atom.